The van der Waals surface area contributed by atoms with Crippen molar-refractivity contribution in [2.45, 2.75) is 19.1 Å². The molecule has 2 aliphatic heterocycles. The van der Waals surface area contributed by atoms with Gasteiger partial charge in [0.1, 0.15) is 12.8 Å². The Morgan fingerprint density at radius 2 is 2.38 bits per heavy atom. The summed E-state index contributed by atoms with van der Waals surface area (Å²) in [6.07, 6.45) is 2.62. The van der Waals surface area contributed by atoms with Gasteiger partial charge in [0.15, 0.2) is 10.9 Å². The zero-order valence-electron chi connectivity index (χ0n) is 7.09. The van der Waals surface area contributed by atoms with Crippen LogP contribution in [0.5, 0.6) is 0 Å². The fourth-order valence-electron chi connectivity index (χ4n) is 1.79. The molecule has 2 aliphatic rings. The minimum absolute atomic E-state index is 0.357. The summed E-state index contributed by atoms with van der Waals surface area (Å²) in [5.41, 5.74) is 0. The van der Waals surface area contributed by atoms with E-state index in [9.17, 15) is 15.2 Å². The molecule has 0 aromatic heterocycles. The molecule has 6 nitrogen and oxygen atoms in total. The minimum atomic E-state index is -0.551. The summed E-state index contributed by atoms with van der Waals surface area (Å²) in [4.78, 5) is 12.2. The predicted molar refractivity (Wildman–Crippen MR) is 43.7 cm³/mol. The number of hydrogen-bond donors (Lipinski definition) is 1. The molecule has 0 saturated carbocycles. The van der Waals surface area contributed by atoms with Crippen LogP contribution < -0.4 is 0 Å². The van der Waals surface area contributed by atoms with Gasteiger partial charge in [0, 0.05) is 6.54 Å². The van der Waals surface area contributed by atoms with Gasteiger partial charge in [0.25, 0.3) is 0 Å². The van der Waals surface area contributed by atoms with Gasteiger partial charge in [0.05, 0.1) is 0 Å². The summed E-state index contributed by atoms with van der Waals surface area (Å²) >= 11 is 0. The number of hydrazine groups is 1. The highest BCUT2D eigenvalue weighted by molar-refractivity contribution is 5.07. The van der Waals surface area contributed by atoms with E-state index in [-0.39, 0.29) is 0 Å². The van der Waals surface area contributed by atoms with Gasteiger partial charge in [-0.15, -0.1) is 0 Å². The van der Waals surface area contributed by atoms with Gasteiger partial charge in [-0.25, -0.2) is 10.1 Å². The molecule has 1 saturated heterocycles. The first-order valence-corrected chi connectivity index (χ1v) is 4.27. The molecule has 13 heavy (non-hydrogen) atoms. The molecule has 6 heteroatoms. The lowest BCUT2D eigenvalue weighted by atomic mass is 10.2. The predicted octanol–water partition coefficient (Wildman–Crippen LogP) is -0.251. The molecule has 0 amide bonds. The number of allylic oxidation sites excluding steroid dienone is 1. The lowest BCUT2D eigenvalue weighted by molar-refractivity contribution is -0.641. The van der Waals surface area contributed by atoms with Crippen molar-refractivity contribution < 1.29 is 10.1 Å². The fourth-order valence-corrected chi connectivity index (χ4v) is 1.79. The van der Waals surface area contributed by atoms with Crippen molar-refractivity contribution in [2.24, 2.45) is 0 Å². The first kappa shape index (κ1) is 8.31. The van der Waals surface area contributed by atoms with Gasteiger partial charge in [-0.2, -0.15) is 0 Å². The van der Waals surface area contributed by atoms with Crippen LogP contribution in [0, 0.1) is 10.1 Å². The largest absolute Gasteiger partial charge is 0.374 e. The average Bonchev–Trinajstić information content (AvgIpc) is 2.48. The molecule has 2 heterocycles. The highest BCUT2D eigenvalue weighted by atomic mass is 16.7. The molecule has 0 bridgehead atoms. The van der Waals surface area contributed by atoms with Crippen molar-refractivity contribution in [1.82, 2.24) is 9.91 Å². The van der Waals surface area contributed by atoms with Gasteiger partial charge in [-0.3, -0.25) is 0 Å². The first-order chi connectivity index (χ1) is 6.20. The fraction of sp³-hybridized carbons (Fsp3) is 0.714. The summed E-state index contributed by atoms with van der Waals surface area (Å²) in [5, 5.41) is 20.7. The molecule has 0 aromatic rings. The van der Waals surface area contributed by atoms with Gasteiger partial charge in [-0.05, 0) is 18.9 Å². The highest BCUT2D eigenvalue weighted by Crippen LogP contribution is 2.26. The Balaban J connectivity index is 2.22. The zero-order chi connectivity index (χ0) is 9.42. The molecule has 0 spiro atoms. The monoisotopic (exact) mass is 185 g/mol. The van der Waals surface area contributed by atoms with Crippen molar-refractivity contribution in [2.75, 3.05) is 13.1 Å². The first-order valence-electron chi connectivity index (χ1n) is 4.27. The second-order valence-electron chi connectivity index (χ2n) is 3.17. The van der Waals surface area contributed by atoms with Crippen LogP contribution in [-0.2, 0) is 0 Å². The molecule has 1 unspecified atom stereocenters. The van der Waals surface area contributed by atoms with Crippen LogP contribution in [0.4, 0.5) is 0 Å². The second-order valence-corrected chi connectivity index (χ2v) is 3.17. The minimum Gasteiger partial charge on any atom is -0.374 e. The topological polar surface area (TPSA) is 69.9 Å². The van der Waals surface area contributed by atoms with Crippen LogP contribution in [0.3, 0.4) is 0 Å². The maximum Gasteiger partial charge on any atom is 0.168 e. The number of nitrogens with zero attached hydrogens (tertiary/aromatic N) is 3. The Bertz CT molecular complexity index is 266. The summed E-state index contributed by atoms with van der Waals surface area (Å²) in [5.74, 6) is 0.545. The molecule has 1 atom stereocenters. The summed E-state index contributed by atoms with van der Waals surface area (Å²) in [7, 11) is 0. The van der Waals surface area contributed by atoms with Gasteiger partial charge in [-0.1, -0.05) is 5.01 Å². The van der Waals surface area contributed by atoms with Crippen molar-refractivity contribution in [3.63, 3.8) is 0 Å². The standard InChI is InChI=1S/C7H11N3O3/c11-7-3-1-2-6-8(7)4-5-9(6)10(12)13/h2,7,11H,1,3-5H2. The van der Waals surface area contributed by atoms with Crippen LogP contribution in [0.2, 0.25) is 0 Å². The number of aliphatic hydroxyl groups excluding tert-OH is 1. The average molecular weight is 185 g/mol. The van der Waals surface area contributed by atoms with Crippen LogP contribution in [0.1, 0.15) is 12.8 Å². The van der Waals surface area contributed by atoms with E-state index in [0.717, 1.165) is 5.01 Å². The molecule has 0 radical (unpaired) electrons. The SMILES string of the molecule is O=[N+]([O-])N1CCN2C1=CCCC2O. The molecule has 2 rings (SSSR count). The number of fused-ring (bicyclic) bond motifs is 1. The Morgan fingerprint density at radius 1 is 1.62 bits per heavy atom. The van der Waals surface area contributed by atoms with Crippen molar-refractivity contribution in [3.8, 4) is 0 Å². The molecular formula is C7H11N3O3. The number of rotatable bonds is 1. The number of hydrogen-bond acceptors (Lipinski definition) is 4. The Morgan fingerprint density at radius 3 is 3.08 bits per heavy atom. The van der Waals surface area contributed by atoms with Crippen LogP contribution in [-0.4, -0.2) is 39.4 Å². The van der Waals surface area contributed by atoms with Gasteiger partial charge >= 0.3 is 0 Å². The van der Waals surface area contributed by atoms with E-state index in [0.29, 0.717) is 31.8 Å². The van der Waals surface area contributed by atoms with E-state index in [1.54, 1.807) is 4.90 Å². The molecule has 1 fully saturated rings. The van der Waals surface area contributed by atoms with E-state index in [1.165, 1.54) is 0 Å². The van der Waals surface area contributed by atoms with E-state index < -0.39 is 11.3 Å². The second kappa shape index (κ2) is 2.88. The summed E-state index contributed by atoms with van der Waals surface area (Å²) in [6.45, 7) is 0.893. The van der Waals surface area contributed by atoms with Crippen LogP contribution in [0.15, 0.2) is 11.9 Å². The van der Waals surface area contributed by atoms with Crippen LogP contribution in [0.25, 0.3) is 0 Å². The lowest BCUT2D eigenvalue weighted by Crippen LogP contribution is -2.36. The maximum absolute atomic E-state index is 10.5. The lowest BCUT2D eigenvalue weighted by Gasteiger charge is -2.28. The molecular weight excluding hydrogens is 174 g/mol. The quantitative estimate of drug-likeness (QED) is 0.450. The van der Waals surface area contributed by atoms with Crippen molar-refractivity contribution >= 4 is 0 Å². The third-order valence-electron chi connectivity index (χ3n) is 2.42. The highest BCUT2D eigenvalue weighted by Gasteiger charge is 2.37. The van der Waals surface area contributed by atoms with Crippen molar-refractivity contribution in [3.05, 3.63) is 22.0 Å². The molecule has 72 valence electrons. The molecule has 1 N–H and O–H groups in total. The van der Waals surface area contributed by atoms with E-state index >= 15 is 0 Å². The van der Waals surface area contributed by atoms with Crippen LogP contribution >= 0.6 is 0 Å². The Hall–Kier alpha value is -1.30. The zero-order valence-corrected chi connectivity index (χ0v) is 7.09. The van der Waals surface area contributed by atoms with E-state index in [2.05, 4.69) is 0 Å². The van der Waals surface area contributed by atoms with Crippen molar-refractivity contribution in [1.29, 1.82) is 0 Å². The smallest absolute Gasteiger partial charge is 0.168 e. The number of aliphatic hydroxyl groups is 1. The molecule has 0 aromatic carbocycles. The third kappa shape index (κ3) is 1.23. The summed E-state index contributed by atoms with van der Waals surface area (Å²) in [6, 6.07) is 0. The normalized spacial score (nSPS) is 27.2. The summed E-state index contributed by atoms with van der Waals surface area (Å²) < 4.78 is 0. The van der Waals surface area contributed by atoms with E-state index in [4.69, 9.17) is 0 Å². The Kier molecular flexibility index (Phi) is 1.84. The third-order valence-corrected chi connectivity index (χ3v) is 2.42. The van der Waals surface area contributed by atoms with Gasteiger partial charge in [0.2, 0.25) is 0 Å². The Labute approximate surface area is 75.2 Å². The molecule has 0 aliphatic carbocycles. The maximum atomic E-state index is 10.5. The van der Waals surface area contributed by atoms with E-state index in [1.807, 2.05) is 6.08 Å². The van der Waals surface area contributed by atoms with Gasteiger partial charge < -0.3 is 10.0 Å². The number of nitro groups is 1.